The van der Waals surface area contributed by atoms with Crippen LogP contribution in [0.3, 0.4) is 0 Å². The molecule has 0 spiro atoms. The molecule has 0 saturated carbocycles. The van der Waals surface area contributed by atoms with Crippen LogP contribution in [0.2, 0.25) is 5.02 Å². The van der Waals surface area contributed by atoms with Crippen molar-refractivity contribution < 1.29 is 9.53 Å². The van der Waals surface area contributed by atoms with Gasteiger partial charge in [0.2, 0.25) is 0 Å². The summed E-state index contributed by atoms with van der Waals surface area (Å²) >= 11 is 5.88. The van der Waals surface area contributed by atoms with Gasteiger partial charge in [0.1, 0.15) is 11.9 Å². The summed E-state index contributed by atoms with van der Waals surface area (Å²) < 4.78 is 6.08. The van der Waals surface area contributed by atoms with E-state index in [0.717, 1.165) is 24.5 Å². The lowest BCUT2D eigenvalue weighted by Gasteiger charge is -2.37. The van der Waals surface area contributed by atoms with Crippen LogP contribution in [-0.4, -0.2) is 43.6 Å². The quantitative estimate of drug-likeness (QED) is 0.847. The van der Waals surface area contributed by atoms with Crippen molar-refractivity contribution in [3.05, 3.63) is 59.1 Å². The highest BCUT2D eigenvalue weighted by molar-refractivity contribution is 6.30. The molecule has 1 aliphatic rings. The number of ether oxygens (including phenoxy) is 1. The molecule has 126 valence electrons. The summed E-state index contributed by atoms with van der Waals surface area (Å²) in [6.45, 7) is 4.34. The summed E-state index contributed by atoms with van der Waals surface area (Å²) in [6.07, 6.45) is -0.0545. The minimum Gasteiger partial charge on any atom is -0.485 e. The van der Waals surface area contributed by atoms with Crippen molar-refractivity contribution >= 4 is 23.2 Å². The van der Waals surface area contributed by atoms with Crippen LogP contribution < -0.4 is 9.64 Å². The lowest BCUT2D eigenvalue weighted by molar-refractivity contribution is 0.0709. The van der Waals surface area contributed by atoms with Gasteiger partial charge in [0.15, 0.2) is 0 Å². The third-order valence-electron chi connectivity index (χ3n) is 4.22. The van der Waals surface area contributed by atoms with Gasteiger partial charge >= 0.3 is 0 Å². The van der Waals surface area contributed by atoms with Crippen LogP contribution in [0.25, 0.3) is 0 Å². The second kappa shape index (κ2) is 7.14. The SMILES string of the molecule is CCN1C[C@H](CN(C)C(=O)c2ccc(Cl)cc2)Oc2ccccc21. The van der Waals surface area contributed by atoms with Crippen molar-refractivity contribution in [2.24, 2.45) is 0 Å². The predicted octanol–water partition coefficient (Wildman–Crippen LogP) is 3.70. The third kappa shape index (κ3) is 3.49. The zero-order valence-corrected chi connectivity index (χ0v) is 14.7. The van der Waals surface area contributed by atoms with Crippen molar-refractivity contribution in [1.29, 1.82) is 0 Å². The smallest absolute Gasteiger partial charge is 0.253 e. The average Bonchev–Trinajstić information content (AvgIpc) is 2.61. The van der Waals surface area contributed by atoms with Crippen molar-refractivity contribution in [3.63, 3.8) is 0 Å². The molecule has 0 unspecified atom stereocenters. The summed E-state index contributed by atoms with van der Waals surface area (Å²) in [5.41, 5.74) is 1.74. The molecule has 1 aliphatic heterocycles. The van der Waals surface area contributed by atoms with E-state index in [4.69, 9.17) is 16.3 Å². The largest absolute Gasteiger partial charge is 0.485 e. The molecule has 0 aromatic heterocycles. The van der Waals surface area contributed by atoms with Crippen LogP contribution in [0, 0.1) is 0 Å². The van der Waals surface area contributed by atoms with Gasteiger partial charge in [-0.2, -0.15) is 0 Å². The van der Waals surface area contributed by atoms with Gasteiger partial charge in [-0.1, -0.05) is 23.7 Å². The zero-order chi connectivity index (χ0) is 17.1. The van der Waals surface area contributed by atoms with Crippen molar-refractivity contribution in [2.45, 2.75) is 13.0 Å². The van der Waals surface area contributed by atoms with Crippen LogP contribution in [-0.2, 0) is 0 Å². The van der Waals surface area contributed by atoms with Crippen LogP contribution >= 0.6 is 11.6 Å². The number of anilines is 1. The average molecular weight is 345 g/mol. The molecule has 2 aromatic carbocycles. The van der Waals surface area contributed by atoms with E-state index in [0.29, 0.717) is 17.1 Å². The normalized spacial score (nSPS) is 16.3. The number of nitrogens with zero attached hydrogens (tertiary/aromatic N) is 2. The minimum atomic E-state index is -0.0545. The van der Waals surface area contributed by atoms with Crippen LogP contribution in [0.15, 0.2) is 48.5 Å². The number of rotatable bonds is 4. The molecular weight excluding hydrogens is 324 g/mol. The number of para-hydroxylation sites is 2. The lowest BCUT2D eigenvalue weighted by atomic mass is 10.1. The molecule has 3 rings (SSSR count). The zero-order valence-electron chi connectivity index (χ0n) is 13.9. The van der Waals surface area contributed by atoms with Crippen molar-refractivity contribution in [1.82, 2.24) is 4.90 Å². The Kier molecular flexibility index (Phi) is 4.95. The maximum Gasteiger partial charge on any atom is 0.253 e. The van der Waals surface area contributed by atoms with Gasteiger partial charge in [0.25, 0.3) is 5.91 Å². The fraction of sp³-hybridized carbons (Fsp3) is 0.316. The van der Waals surface area contributed by atoms with E-state index < -0.39 is 0 Å². The first-order chi connectivity index (χ1) is 11.6. The first-order valence-corrected chi connectivity index (χ1v) is 8.48. The minimum absolute atomic E-state index is 0.0304. The van der Waals surface area contributed by atoms with Crippen LogP contribution in [0.1, 0.15) is 17.3 Å². The second-order valence-electron chi connectivity index (χ2n) is 5.94. The standard InChI is InChI=1S/C19H21ClN2O2/c1-3-22-13-16(24-18-7-5-4-6-17(18)22)12-21(2)19(23)14-8-10-15(20)11-9-14/h4-11,16H,3,12-13H2,1-2H3/t16-/m0/s1. The topological polar surface area (TPSA) is 32.8 Å². The Labute approximate surface area is 147 Å². The van der Waals surface area contributed by atoms with E-state index in [2.05, 4.69) is 17.9 Å². The van der Waals surface area contributed by atoms with Gasteiger partial charge in [-0.25, -0.2) is 0 Å². The molecule has 0 radical (unpaired) electrons. The first-order valence-electron chi connectivity index (χ1n) is 8.10. The Morgan fingerprint density at radius 3 is 2.67 bits per heavy atom. The van der Waals surface area contributed by atoms with E-state index in [1.165, 1.54) is 0 Å². The molecule has 0 N–H and O–H groups in total. The van der Waals surface area contributed by atoms with Gasteiger partial charge in [-0.05, 0) is 43.3 Å². The highest BCUT2D eigenvalue weighted by atomic mass is 35.5. The first kappa shape index (κ1) is 16.7. The molecule has 1 amide bonds. The van der Waals surface area contributed by atoms with Gasteiger partial charge in [-0.3, -0.25) is 4.79 Å². The van der Waals surface area contributed by atoms with Crippen LogP contribution in [0.5, 0.6) is 5.75 Å². The third-order valence-corrected chi connectivity index (χ3v) is 4.47. The predicted molar refractivity (Wildman–Crippen MR) is 97.2 cm³/mol. The molecular formula is C19H21ClN2O2. The van der Waals surface area contributed by atoms with E-state index in [1.54, 1.807) is 36.2 Å². The maximum absolute atomic E-state index is 12.5. The number of benzene rings is 2. The van der Waals surface area contributed by atoms with Crippen molar-refractivity contribution in [3.8, 4) is 5.75 Å². The molecule has 5 heteroatoms. The van der Waals surface area contributed by atoms with E-state index in [9.17, 15) is 4.79 Å². The number of likely N-dealkylation sites (N-methyl/N-ethyl adjacent to an activating group) is 2. The Balaban J connectivity index is 1.70. The second-order valence-corrected chi connectivity index (χ2v) is 6.38. The molecule has 0 saturated heterocycles. The molecule has 24 heavy (non-hydrogen) atoms. The number of carbonyl (C=O) groups is 1. The summed E-state index contributed by atoms with van der Waals surface area (Å²) in [5.74, 6) is 0.847. The van der Waals surface area contributed by atoms with E-state index in [-0.39, 0.29) is 12.0 Å². The number of hydrogen-bond acceptors (Lipinski definition) is 3. The Morgan fingerprint density at radius 2 is 1.96 bits per heavy atom. The fourth-order valence-electron chi connectivity index (χ4n) is 2.97. The molecule has 0 fully saturated rings. The molecule has 1 heterocycles. The Morgan fingerprint density at radius 1 is 1.25 bits per heavy atom. The highest BCUT2D eigenvalue weighted by Gasteiger charge is 2.26. The number of halogens is 1. The fourth-order valence-corrected chi connectivity index (χ4v) is 3.10. The molecule has 0 bridgehead atoms. The molecule has 4 nitrogen and oxygen atoms in total. The number of amides is 1. The van der Waals surface area contributed by atoms with Gasteiger partial charge < -0.3 is 14.5 Å². The molecule has 0 aliphatic carbocycles. The van der Waals surface area contributed by atoms with Gasteiger partial charge in [0.05, 0.1) is 18.8 Å². The van der Waals surface area contributed by atoms with E-state index in [1.807, 2.05) is 18.2 Å². The molecule has 1 atom stereocenters. The summed E-state index contributed by atoms with van der Waals surface area (Å²) in [7, 11) is 1.80. The summed E-state index contributed by atoms with van der Waals surface area (Å²) in [4.78, 5) is 16.5. The highest BCUT2D eigenvalue weighted by Crippen LogP contribution is 2.32. The Bertz CT molecular complexity index is 718. The number of carbonyl (C=O) groups excluding carboxylic acids is 1. The molecule has 2 aromatic rings. The summed E-state index contributed by atoms with van der Waals surface area (Å²) in [6, 6.07) is 15.0. The van der Waals surface area contributed by atoms with Crippen LogP contribution in [0.4, 0.5) is 5.69 Å². The monoisotopic (exact) mass is 344 g/mol. The van der Waals surface area contributed by atoms with Gasteiger partial charge in [-0.15, -0.1) is 0 Å². The van der Waals surface area contributed by atoms with E-state index >= 15 is 0 Å². The van der Waals surface area contributed by atoms with Crippen molar-refractivity contribution in [2.75, 3.05) is 31.6 Å². The van der Waals surface area contributed by atoms with Gasteiger partial charge in [0, 0.05) is 24.2 Å². The summed E-state index contributed by atoms with van der Waals surface area (Å²) in [5, 5.41) is 0.625. The lowest BCUT2D eigenvalue weighted by Crippen LogP contribution is -2.46. The Hall–Kier alpha value is -2.20. The number of fused-ring (bicyclic) bond motifs is 1. The maximum atomic E-state index is 12.5. The number of hydrogen-bond donors (Lipinski definition) is 0.